The van der Waals surface area contributed by atoms with Crippen LogP contribution in [0.1, 0.15) is 34.1 Å². The summed E-state index contributed by atoms with van der Waals surface area (Å²) in [5, 5.41) is 3.13. The van der Waals surface area contributed by atoms with Gasteiger partial charge < -0.3 is 14.8 Å². The molecule has 140 valence electrons. The van der Waals surface area contributed by atoms with E-state index in [0.29, 0.717) is 24.7 Å². The average Bonchev–Trinajstić information content (AvgIpc) is 3.16. The monoisotopic (exact) mass is 372 g/mol. The smallest absolute Gasteiger partial charge is 0.270 e. The number of rotatable bonds is 3. The average molecular weight is 372 g/mol. The van der Waals surface area contributed by atoms with Crippen molar-refractivity contribution in [1.29, 1.82) is 0 Å². The molecule has 1 N–H and O–H groups in total. The molecule has 2 aliphatic rings. The highest BCUT2D eigenvalue weighted by Crippen LogP contribution is 2.34. The number of carbonyl (C=O) groups excluding carboxylic acids is 1. The number of amides is 1. The maximum Gasteiger partial charge on any atom is 0.270 e. The molecular weight excluding hydrogens is 352 g/mol. The number of benzene rings is 2. The molecule has 5 nitrogen and oxygen atoms in total. The van der Waals surface area contributed by atoms with Crippen molar-refractivity contribution in [1.82, 2.24) is 10.3 Å². The second kappa shape index (κ2) is 7.00. The van der Waals surface area contributed by atoms with Crippen LogP contribution in [-0.4, -0.2) is 24.1 Å². The lowest BCUT2D eigenvalue weighted by molar-refractivity contribution is 0.0932. The molecule has 1 unspecified atom stereocenters. The maximum atomic E-state index is 12.8. The SMILES string of the molecule is O=C(NC1CCc2ccccc21)c1cccc(-c2ccc3c(c2)OCCO3)n1. The molecule has 1 aliphatic heterocycles. The second-order valence-electron chi connectivity index (χ2n) is 7.03. The van der Waals surface area contributed by atoms with Gasteiger partial charge in [-0.2, -0.15) is 0 Å². The summed E-state index contributed by atoms with van der Waals surface area (Å²) in [6.45, 7) is 1.10. The van der Waals surface area contributed by atoms with Crippen LogP contribution in [0, 0.1) is 0 Å². The van der Waals surface area contributed by atoms with Crippen molar-refractivity contribution in [2.24, 2.45) is 0 Å². The summed E-state index contributed by atoms with van der Waals surface area (Å²) in [6.07, 6.45) is 1.92. The van der Waals surface area contributed by atoms with E-state index in [4.69, 9.17) is 9.47 Å². The zero-order chi connectivity index (χ0) is 18.9. The molecule has 0 radical (unpaired) electrons. The van der Waals surface area contributed by atoms with Gasteiger partial charge in [-0.3, -0.25) is 4.79 Å². The molecule has 2 heterocycles. The lowest BCUT2D eigenvalue weighted by Crippen LogP contribution is -2.27. The first-order valence-corrected chi connectivity index (χ1v) is 9.54. The van der Waals surface area contributed by atoms with Crippen LogP contribution in [0.4, 0.5) is 0 Å². The highest BCUT2D eigenvalue weighted by Gasteiger charge is 2.24. The minimum atomic E-state index is -0.152. The molecule has 0 saturated heterocycles. The van der Waals surface area contributed by atoms with Crippen LogP contribution in [0.5, 0.6) is 11.5 Å². The van der Waals surface area contributed by atoms with E-state index in [1.54, 1.807) is 6.07 Å². The molecule has 2 aromatic carbocycles. The second-order valence-corrected chi connectivity index (χ2v) is 7.03. The normalized spacial score (nSPS) is 17.1. The number of nitrogens with one attached hydrogen (secondary N) is 1. The first kappa shape index (κ1) is 16.8. The van der Waals surface area contributed by atoms with Gasteiger partial charge >= 0.3 is 0 Å². The number of hydrogen-bond acceptors (Lipinski definition) is 4. The van der Waals surface area contributed by atoms with Gasteiger partial charge in [-0.05, 0) is 54.3 Å². The van der Waals surface area contributed by atoms with Crippen LogP contribution in [0.3, 0.4) is 0 Å². The van der Waals surface area contributed by atoms with Gasteiger partial charge in [0.15, 0.2) is 11.5 Å². The lowest BCUT2D eigenvalue weighted by atomic mass is 10.1. The third-order valence-corrected chi connectivity index (χ3v) is 5.26. The minimum absolute atomic E-state index is 0.0449. The highest BCUT2D eigenvalue weighted by atomic mass is 16.6. The first-order valence-electron chi connectivity index (χ1n) is 9.54. The molecule has 5 heteroatoms. The zero-order valence-electron chi connectivity index (χ0n) is 15.4. The van der Waals surface area contributed by atoms with Gasteiger partial charge in [-0.15, -0.1) is 0 Å². The fourth-order valence-corrected chi connectivity index (χ4v) is 3.86. The molecule has 1 aliphatic carbocycles. The third kappa shape index (κ3) is 3.09. The van der Waals surface area contributed by atoms with E-state index in [-0.39, 0.29) is 11.9 Å². The predicted octanol–water partition coefficient (Wildman–Crippen LogP) is 3.94. The lowest BCUT2D eigenvalue weighted by Gasteiger charge is -2.19. The van der Waals surface area contributed by atoms with E-state index < -0.39 is 0 Å². The quantitative estimate of drug-likeness (QED) is 0.757. The number of hydrogen-bond donors (Lipinski definition) is 1. The van der Waals surface area contributed by atoms with Gasteiger partial charge in [0.05, 0.1) is 11.7 Å². The summed E-state index contributed by atoms with van der Waals surface area (Å²) < 4.78 is 11.2. The van der Waals surface area contributed by atoms with Crippen molar-refractivity contribution in [2.75, 3.05) is 13.2 Å². The molecule has 1 aromatic heterocycles. The number of pyridine rings is 1. The molecule has 0 spiro atoms. The van der Waals surface area contributed by atoms with Gasteiger partial charge in [-0.1, -0.05) is 30.3 Å². The van der Waals surface area contributed by atoms with Gasteiger partial charge in [0.25, 0.3) is 5.91 Å². The Morgan fingerprint density at radius 1 is 0.964 bits per heavy atom. The topological polar surface area (TPSA) is 60.5 Å². The number of aryl methyl sites for hydroxylation is 1. The molecule has 1 amide bonds. The van der Waals surface area contributed by atoms with E-state index in [1.807, 2.05) is 42.5 Å². The van der Waals surface area contributed by atoms with Crippen LogP contribution in [0.25, 0.3) is 11.3 Å². The van der Waals surface area contributed by atoms with Gasteiger partial charge in [0, 0.05) is 5.56 Å². The molecule has 0 fully saturated rings. The van der Waals surface area contributed by atoms with E-state index in [2.05, 4.69) is 22.4 Å². The summed E-state index contributed by atoms with van der Waals surface area (Å²) in [7, 11) is 0. The summed E-state index contributed by atoms with van der Waals surface area (Å²) >= 11 is 0. The maximum absolute atomic E-state index is 12.8. The van der Waals surface area contributed by atoms with Crippen LogP contribution in [-0.2, 0) is 6.42 Å². The molecule has 5 rings (SSSR count). The summed E-state index contributed by atoms with van der Waals surface area (Å²) in [6, 6.07) is 19.6. The molecule has 0 bridgehead atoms. The Balaban J connectivity index is 1.38. The largest absolute Gasteiger partial charge is 0.486 e. The van der Waals surface area contributed by atoms with Crippen molar-refractivity contribution in [3.8, 4) is 22.8 Å². The Hall–Kier alpha value is -3.34. The predicted molar refractivity (Wildman–Crippen MR) is 106 cm³/mol. The van der Waals surface area contributed by atoms with Gasteiger partial charge in [-0.25, -0.2) is 4.98 Å². The van der Waals surface area contributed by atoms with Crippen LogP contribution in [0.2, 0.25) is 0 Å². The number of ether oxygens (including phenoxy) is 2. The number of fused-ring (bicyclic) bond motifs is 2. The van der Waals surface area contributed by atoms with E-state index in [0.717, 1.165) is 29.8 Å². The fourth-order valence-electron chi connectivity index (χ4n) is 3.86. The van der Waals surface area contributed by atoms with E-state index in [9.17, 15) is 4.79 Å². The molecule has 1 atom stereocenters. The summed E-state index contributed by atoms with van der Waals surface area (Å²) in [4.78, 5) is 17.4. The molecule has 28 heavy (non-hydrogen) atoms. The first-order chi connectivity index (χ1) is 13.8. The van der Waals surface area contributed by atoms with Crippen molar-refractivity contribution in [2.45, 2.75) is 18.9 Å². The van der Waals surface area contributed by atoms with Crippen LogP contribution in [0.15, 0.2) is 60.7 Å². The van der Waals surface area contributed by atoms with Crippen molar-refractivity contribution >= 4 is 5.91 Å². The summed E-state index contributed by atoms with van der Waals surface area (Å²) in [5.74, 6) is 1.30. The Bertz CT molecular complexity index is 1050. The van der Waals surface area contributed by atoms with Gasteiger partial charge in [0.2, 0.25) is 0 Å². The van der Waals surface area contributed by atoms with Crippen molar-refractivity contribution < 1.29 is 14.3 Å². The molecule has 0 saturated carbocycles. The zero-order valence-corrected chi connectivity index (χ0v) is 15.4. The highest BCUT2D eigenvalue weighted by molar-refractivity contribution is 5.93. The number of nitrogens with zero attached hydrogens (tertiary/aromatic N) is 1. The Labute approximate surface area is 163 Å². The standard InChI is InChI=1S/C23H20N2O3/c26-23(25-19-10-8-15-4-1-2-5-17(15)19)20-7-3-6-18(24-20)16-9-11-21-22(14-16)28-13-12-27-21/h1-7,9,11,14,19H,8,10,12-13H2,(H,25,26). The number of carbonyl (C=O) groups is 1. The van der Waals surface area contributed by atoms with Crippen LogP contribution < -0.4 is 14.8 Å². The molecular formula is C23H20N2O3. The number of aromatic nitrogens is 1. The Kier molecular flexibility index (Phi) is 4.20. The van der Waals surface area contributed by atoms with Gasteiger partial charge in [0.1, 0.15) is 18.9 Å². The van der Waals surface area contributed by atoms with Crippen molar-refractivity contribution in [3.63, 3.8) is 0 Å². The summed E-state index contributed by atoms with van der Waals surface area (Å²) in [5.41, 5.74) is 4.56. The van der Waals surface area contributed by atoms with E-state index in [1.165, 1.54) is 11.1 Å². The third-order valence-electron chi connectivity index (χ3n) is 5.26. The fraction of sp³-hybridized carbons (Fsp3) is 0.217. The Morgan fingerprint density at radius 3 is 2.75 bits per heavy atom. The minimum Gasteiger partial charge on any atom is -0.486 e. The van der Waals surface area contributed by atoms with Crippen molar-refractivity contribution in [3.05, 3.63) is 77.5 Å². The molecule has 3 aromatic rings. The van der Waals surface area contributed by atoms with E-state index >= 15 is 0 Å². The Morgan fingerprint density at radius 2 is 1.82 bits per heavy atom. The van der Waals surface area contributed by atoms with Crippen LogP contribution >= 0.6 is 0 Å².